The molecule has 2 heterocycles. The van der Waals surface area contributed by atoms with Crippen molar-refractivity contribution in [3.63, 3.8) is 0 Å². The maximum Gasteiger partial charge on any atom is 0.217 e. The highest BCUT2D eigenvalue weighted by Gasteiger charge is 2.22. The normalized spacial score (nSPS) is 19.4. The summed E-state index contributed by atoms with van der Waals surface area (Å²) in [5.41, 5.74) is 4.28. The minimum Gasteiger partial charge on any atom is -0.474 e. The second kappa shape index (κ2) is 8.88. The molecule has 1 fully saturated rings. The molecule has 0 spiro atoms. The van der Waals surface area contributed by atoms with Gasteiger partial charge in [-0.25, -0.2) is 19.2 Å². The molecule has 0 atom stereocenters. The van der Waals surface area contributed by atoms with Crippen LogP contribution in [0.1, 0.15) is 42.5 Å². The molecule has 0 bridgehead atoms. The zero-order valence-corrected chi connectivity index (χ0v) is 18.9. The molecule has 1 aliphatic rings. The minimum atomic E-state index is -2.25. The fourth-order valence-corrected chi connectivity index (χ4v) is 4.67. The molecule has 31 heavy (non-hydrogen) atoms. The number of rotatable bonds is 5. The lowest BCUT2D eigenvalue weighted by Gasteiger charge is -2.26. The number of pyridine rings is 1. The highest BCUT2D eigenvalue weighted by atomic mass is 32.2. The molecular formula is C23H28N4O3S. The standard InChI is InChI=1S/C23H28N4O3S/c1-15-11-17(27-31(2,3)29)13-21-22(15)20(25-14-26-21)12-16-5-4-10-24-23(16)30-19-8-6-18(28)7-9-19/h4-5,10-11,13-14,18-19,28H,6-9,12H2,1-3H3. The van der Waals surface area contributed by atoms with Crippen LogP contribution in [0.15, 0.2) is 41.2 Å². The van der Waals surface area contributed by atoms with Crippen molar-refractivity contribution >= 4 is 26.3 Å². The average Bonchev–Trinajstić information content (AvgIpc) is 2.70. The average molecular weight is 441 g/mol. The van der Waals surface area contributed by atoms with Crippen LogP contribution < -0.4 is 4.74 Å². The predicted octanol–water partition coefficient (Wildman–Crippen LogP) is 3.97. The van der Waals surface area contributed by atoms with Gasteiger partial charge in [-0.15, -0.1) is 0 Å². The Morgan fingerprint density at radius 2 is 1.94 bits per heavy atom. The van der Waals surface area contributed by atoms with Crippen LogP contribution in [0.4, 0.5) is 5.69 Å². The lowest BCUT2D eigenvalue weighted by Crippen LogP contribution is -2.27. The largest absolute Gasteiger partial charge is 0.474 e. The summed E-state index contributed by atoms with van der Waals surface area (Å²) in [5.74, 6) is 0.622. The number of ether oxygens (including phenoxy) is 1. The van der Waals surface area contributed by atoms with E-state index in [1.807, 2.05) is 31.2 Å². The molecule has 2 aromatic heterocycles. The van der Waals surface area contributed by atoms with E-state index < -0.39 is 9.73 Å². The van der Waals surface area contributed by atoms with E-state index in [0.717, 1.165) is 53.4 Å². The first-order valence-electron chi connectivity index (χ1n) is 10.5. The second-order valence-electron chi connectivity index (χ2n) is 8.44. The van der Waals surface area contributed by atoms with Gasteiger partial charge in [0.2, 0.25) is 5.88 Å². The van der Waals surface area contributed by atoms with Crippen LogP contribution in [-0.4, -0.2) is 49.0 Å². The summed E-state index contributed by atoms with van der Waals surface area (Å²) in [6, 6.07) is 7.69. The lowest BCUT2D eigenvalue weighted by molar-refractivity contribution is 0.0639. The van der Waals surface area contributed by atoms with Gasteiger partial charge in [0.1, 0.15) is 12.4 Å². The monoisotopic (exact) mass is 440 g/mol. The molecule has 7 nitrogen and oxygen atoms in total. The molecule has 3 aromatic rings. The Morgan fingerprint density at radius 1 is 1.16 bits per heavy atom. The van der Waals surface area contributed by atoms with E-state index in [1.165, 1.54) is 0 Å². The van der Waals surface area contributed by atoms with Crippen molar-refractivity contribution in [1.82, 2.24) is 15.0 Å². The molecule has 0 aliphatic heterocycles. The fourth-order valence-electron chi connectivity index (χ4n) is 4.06. The van der Waals surface area contributed by atoms with Crippen molar-refractivity contribution in [2.75, 3.05) is 12.5 Å². The maximum absolute atomic E-state index is 12.1. The molecule has 0 saturated heterocycles. The Kier molecular flexibility index (Phi) is 6.20. The molecule has 164 valence electrons. The molecule has 8 heteroatoms. The van der Waals surface area contributed by atoms with E-state index in [4.69, 9.17) is 4.74 Å². The van der Waals surface area contributed by atoms with Gasteiger partial charge in [0.25, 0.3) is 0 Å². The van der Waals surface area contributed by atoms with Gasteiger partial charge in [0, 0.05) is 45.8 Å². The fraction of sp³-hybridized carbons (Fsp3) is 0.435. The summed E-state index contributed by atoms with van der Waals surface area (Å²) in [5, 5.41) is 10.7. The van der Waals surface area contributed by atoms with Crippen molar-refractivity contribution in [3.8, 4) is 5.88 Å². The Morgan fingerprint density at radius 3 is 2.68 bits per heavy atom. The molecule has 0 amide bonds. The van der Waals surface area contributed by atoms with Crippen molar-refractivity contribution < 1.29 is 14.1 Å². The first kappa shape index (κ1) is 21.6. The quantitative estimate of drug-likeness (QED) is 0.645. The molecule has 1 aromatic carbocycles. The lowest BCUT2D eigenvalue weighted by atomic mass is 9.95. The minimum absolute atomic E-state index is 0.0723. The van der Waals surface area contributed by atoms with Gasteiger partial charge in [-0.3, -0.25) is 0 Å². The third-order valence-electron chi connectivity index (χ3n) is 5.45. The molecule has 1 N–H and O–H groups in total. The summed E-state index contributed by atoms with van der Waals surface area (Å²) in [6.07, 6.45) is 10.1. The summed E-state index contributed by atoms with van der Waals surface area (Å²) in [6.45, 7) is 2.00. The van der Waals surface area contributed by atoms with Gasteiger partial charge in [-0.1, -0.05) is 6.07 Å². The van der Waals surface area contributed by atoms with Crippen LogP contribution in [0.25, 0.3) is 10.9 Å². The SMILES string of the molecule is Cc1cc(N=S(C)(C)=O)cc2ncnc(Cc3cccnc3OC3CCC(O)CC3)c12. The third-order valence-corrected chi connectivity index (χ3v) is 6.10. The van der Waals surface area contributed by atoms with Crippen molar-refractivity contribution in [3.05, 3.63) is 53.6 Å². The first-order chi connectivity index (χ1) is 14.8. The zero-order valence-electron chi connectivity index (χ0n) is 18.1. The van der Waals surface area contributed by atoms with E-state index in [-0.39, 0.29) is 12.2 Å². The van der Waals surface area contributed by atoms with E-state index in [0.29, 0.717) is 18.0 Å². The van der Waals surface area contributed by atoms with E-state index in [9.17, 15) is 9.32 Å². The van der Waals surface area contributed by atoms with Crippen molar-refractivity contribution in [2.24, 2.45) is 4.36 Å². The molecule has 0 unspecified atom stereocenters. The van der Waals surface area contributed by atoms with Gasteiger partial charge in [-0.05, 0) is 56.4 Å². The number of fused-ring (bicyclic) bond motifs is 1. The molecule has 4 rings (SSSR count). The highest BCUT2D eigenvalue weighted by Crippen LogP contribution is 2.30. The number of hydrogen-bond donors (Lipinski definition) is 1. The van der Waals surface area contributed by atoms with E-state index in [2.05, 4.69) is 19.3 Å². The van der Waals surface area contributed by atoms with Gasteiger partial charge in [-0.2, -0.15) is 4.36 Å². The number of aryl methyl sites for hydroxylation is 1. The number of hydrogen-bond acceptors (Lipinski definition) is 7. The van der Waals surface area contributed by atoms with Crippen LogP contribution in [0.5, 0.6) is 5.88 Å². The maximum atomic E-state index is 12.1. The third kappa shape index (κ3) is 5.37. The molecule has 1 aliphatic carbocycles. The number of aliphatic hydroxyl groups is 1. The van der Waals surface area contributed by atoms with Crippen molar-refractivity contribution in [1.29, 1.82) is 0 Å². The Hall–Kier alpha value is -2.58. The number of aliphatic hydroxyl groups excluding tert-OH is 1. The summed E-state index contributed by atoms with van der Waals surface area (Å²) >= 11 is 0. The second-order valence-corrected chi connectivity index (χ2v) is 11.0. The number of aromatic nitrogens is 3. The highest BCUT2D eigenvalue weighted by molar-refractivity contribution is 7.92. The molecule has 0 radical (unpaired) electrons. The van der Waals surface area contributed by atoms with E-state index in [1.54, 1.807) is 25.0 Å². The Labute approximate surface area is 183 Å². The van der Waals surface area contributed by atoms with Crippen LogP contribution in [-0.2, 0) is 16.1 Å². The number of benzene rings is 1. The molecular weight excluding hydrogens is 412 g/mol. The van der Waals surface area contributed by atoms with E-state index >= 15 is 0 Å². The van der Waals surface area contributed by atoms with Gasteiger partial charge in [0.15, 0.2) is 0 Å². The topological polar surface area (TPSA) is 97.6 Å². The van der Waals surface area contributed by atoms with Crippen LogP contribution >= 0.6 is 0 Å². The number of nitrogens with zero attached hydrogens (tertiary/aromatic N) is 4. The smallest absolute Gasteiger partial charge is 0.217 e. The molecule has 1 saturated carbocycles. The van der Waals surface area contributed by atoms with Crippen LogP contribution in [0.2, 0.25) is 0 Å². The van der Waals surface area contributed by atoms with Crippen molar-refractivity contribution in [2.45, 2.75) is 51.2 Å². The zero-order chi connectivity index (χ0) is 22.0. The predicted molar refractivity (Wildman–Crippen MR) is 122 cm³/mol. The summed E-state index contributed by atoms with van der Waals surface area (Å²) in [7, 11) is -2.25. The van der Waals surface area contributed by atoms with Gasteiger partial charge >= 0.3 is 0 Å². The summed E-state index contributed by atoms with van der Waals surface area (Å²) in [4.78, 5) is 13.4. The van der Waals surface area contributed by atoms with Gasteiger partial charge < -0.3 is 9.84 Å². The Balaban J connectivity index is 1.66. The van der Waals surface area contributed by atoms with Gasteiger partial charge in [0.05, 0.1) is 23.0 Å². The Bertz CT molecular complexity index is 1200. The first-order valence-corrected chi connectivity index (χ1v) is 12.8. The van der Waals surface area contributed by atoms with Crippen LogP contribution in [0, 0.1) is 6.92 Å². The van der Waals surface area contributed by atoms with Crippen LogP contribution in [0.3, 0.4) is 0 Å². The summed E-state index contributed by atoms with van der Waals surface area (Å²) < 4.78 is 22.6.